The summed E-state index contributed by atoms with van der Waals surface area (Å²) < 4.78 is 3.82. The van der Waals surface area contributed by atoms with Crippen LogP contribution in [0.4, 0.5) is 0 Å². The van der Waals surface area contributed by atoms with Gasteiger partial charge in [0.15, 0.2) is 0 Å². The molecule has 0 bridgehead atoms. The van der Waals surface area contributed by atoms with Crippen molar-refractivity contribution < 1.29 is 4.79 Å². The third kappa shape index (κ3) is 5.49. The number of nitrogens with one attached hydrogen (secondary N) is 1. The van der Waals surface area contributed by atoms with Gasteiger partial charge in [0, 0.05) is 19.3 Å². The first kappa shape index (κ1) is 23.8. The summed E-state index contributed by atoms with van der Waals surface area (Å²) in [6.07, 6.45) is 4.00. The van der Waals surface area contributed by atoms with Crippen LogP contribution in [0, 0.1) is 13.8 Å². The van der Waals surface area contributed by atoms with Crippen LogP contribution in [0.25, 0.3) is 17.1 Å². The van der Waals surface area contributed by atoms with Gasteiger partial charge in [0.2, 0.25) is 0 Å². The number of aryl methyl sites for hydroxylation is 3. The van der Waals surface area contributed by atoms with Crippen molar-refractivity contribution >= 4 is 5.91 Å². The van der Waals surface area contributed by atoms with Crippen molar-refractivity contribution in [1.82, 2.24) is 24.6 Å². The molecule has 2 heterocycles. The van der Waals surface area contributed by atoms with Gasteiger partial charge in [-0.3, -0.25) is 4.79 Å². The third-order valence-electron chi connectivity index (χ3n) is 6.12. The Kier molecular flexibility index (Phi) is 7.91. The molecule has 6 heteroatoms. The second kappa shape index (κ2) is 10.6. The van der Waals surface area contributed by atoms with E-state index in [1.54, 1.807) is 4.68 Å². The maximum Gasteiger partial charge on any atom is 0.270 e. The zero-order valence-corrected chi connectivity index (χ0v) is 20.4. The Morgan fingerprint density at radius 3 is 2.56 bits per heavy atom. The molecule has 0 aliphatic rings. The molecule has 2 aromatic heterocycles. The molecule has 172 valence electrons. The van der Waals surface area contributed by atoms with Crippen molar-refractivity contribution in [1.29, 1.82) is 0 Å². The van der Waals surface area contributed by atoms with Crippen molar-refractivity contribution in [2.75, 3.05) is 19.6 Å². The fourth-order valence-electron chi connectivity index (χ4n) is 4.06. The van der Waals surface area contributed by atoms with Crippen molar-refractivity contribution in [3.05, 3.63) is 59.4 Å². The van der Waals surface area contributed by atoms with Gasteiger partial charge in [0.25, 0.3) is 5.91 Å². The number of aromatic nitrogens is 3. The first-order valence-electron chi connectivity index (χ1n) is 11.7. The van der Waals surface area contributed by atoms with Crippen molar-refractivity contribution in [3.63, 3.8) is 0 Å². The van der Waals surface area contributed by atoms with E-state index in [0.29, 0.717) is 5.69 Å². The molecule has 3 aromatic rings. The Morgan fingerprint density at radius 2 is 1.91 bits per heavy atom. The van der Waals surface area contributed by atoms with E-state index in [1.807, 2.05) is 36.0 Å². The number of carbonyl (C=O) groups is 1. The van der Waals surface area contributed by atoms with E-state index >= 15 is 0 Å². The van der Waals surface area contributed by atoms with Gasteiger partial charge in [-0.15, -0.1) is 0 Å². The van der Waals surface area contributed by atoms with Gasteiger partial charge in [0.05, 0.1) is 11.4 Å². The fraction of sp³-hybridized carbons (Fsp3) is 0.462. The highest BCUT2D eigenvalue weighted by molar-refractivity contribution is 5.94. The Hall–Kier alpha value is -2.86. The molecule has 1 amide bonds. The second-order valence-corrected chi connectivity index (χ2v) is 8.66. The van der Waals surface area contributed by atoms with Crippen LogP contribution in [-0.2, 0) is 7.05 Å². The highest BCUT2D eigenvalue weighted by Gasteiger charge is 2.21. The molecular weight excluding hydrogens is 398 g/mol. The van der Waals surface area contributed by atoms with E-state index in [4.69, 9.17) is 5.10 Å². The van der Waals surface area contributed by atoms with Gasteiger partial charge in [-0.05, 0) is 88.6 Å². The minimum Gasteiger partial charge on any atom is -0.349 e. The zero-order valence-electron chi connectivity index (χ0n) is 20.4. The molecule has 0 radical (unpaired) electrons. The van der Waals surface area contributed by atoms with Gasteiger partial charge in [-0.2, -0.15) is 5.10 Å². The van der Waals surface area contributed by atoms with Crippen molar-refractivity contribution in [2.24, 2.45) is 7.05 Å². The molecule has 0 fully saturated rings. The lowest BCUT2D eigenvalue weighted by Gasteiger charge is -2.20. The molecule has 0 saturated carbocycles. The topological polar surface area (TPSA) is 55.1 Å². The Morgan fingerprint density at radius 1 is 1.16 bits per heavy atom. The molecule has 3 rings (SSSR count). The van der Waals surface area contributed by atoms with Crippen LogP contribution in [0.1, 0.15) is 55.2 Å². The summed E-state index contributed by atoms with van der Waals surface area (Å²) in [6.45, 7) is 13.8. The number of nitrogens with zero attached hydrogens (tertiary/aromatic N) is 4. The Labute approximate surface area is 192 Å². The molecule has 32 heavy (non-hydrogen) atoms. The number of hydrogen-bond acceptors (Lipinski definition) is 3. The van der Waals surface area contributed by atoms with Crippen molar-refractivity contribution in [3.8, 4) is 17.1 Å². The summed E-state index contributed by atoms with van der Waals surface area (Å²) in [5.41, 5.74) is 5.49. The predicted octanol–water partition coefficient (Wildman–Crippen LogP) is 4.73. The molecule has 0 aliphatic carbocycles. The summed E-state index contributed by atoms with van der Waals surface area (Å²) >= 11 is 0. The van der Waals surface area contributed by atoms with Crippen molar-refractivity contribution in [2.45, 2.75) is 53.5 Å². The average molecular weight is 436 g/mol. The van der Waals surface area contributed by atoms with Crippen LogP contribution >= 0.6 is 0 Å². The summed E-state index contributed by atoms with van der Waals surface area (Å²) in [5.74, 6) is -0.0887. The minimum atomic E-state index is -0.0887. The van der Waals surface area contributed by atoms with Gasteiger partial charge in [-0.25, -0.2) is 4.68 Å². The summed E-state index contributed by atoms with van der Waals surface area (Å²) in [7, 11) is 1.99. The van der Waals surface area contributed by atoms with Crippen LogP contribution in [0.2, 0.25) is 0 Å². The molecule has 1 N–H and O–H groups in total. The first-order valence-corrected chi connectivity index (χ1v) is 11.7. The Bertz CT molecular complexity index is 1040. The smallest absolute Gasteiger partial charge is 0.270 e. The minimum absolute atomic E-state index is 0.0887. The molecule has 0 aliphatic heterocycles. The van der Waals surface area contributed by atoms with Gasteiger partial charge < -0.3 is 14.8 Å². The van der Waals surface area contributed by atoms with Crippen LogP contribution in [0.3, 0.4) is 0 Å². The maximum atomic E-state index is 13.3. The normalized spacial score (nSPS) is 12.3. The molecule has 1 atom stereocenters. The lowest BCUT2D eigenvalue weighted by atomic mass is 10.1. The van der Waals surface area contributed by atoms with Gasteiger partial charge in [-0.1, -0.05) is 26.0 Å². The number of hydrogen-bond donors (Lipinski definition) is 1. The zero-order chi connectivity index (χ0) is 23.3. The SMILES string of the molecule is CCN(CC)CCC[C@H](C)NC(=O)c1cc(-c2cccn2C)nn1-c1cc(C)ccc1C. The molecule has 1 aromatic carbocycles. The Balaban J connectivity index is 1.85. The number of benzene rings is 1. The molecule has 0 spiro atoms. The average Bonchev–Trinajstić information content (AvgIpc) is 3.39. The highest BCUT2D eigenvalue weighted by Crippen LogP contribution is 2.24. The molecule has 6 nitrogen and oxygen atoms in total. The summed E-state index contributed by atoms with van der Waals surface area (Å²) in [5, 5.41) is 8.05. The number of carbonyl (C=O) groups excluding carboxylic acids is 1. The second-order valence-electron chi connectivity index (χ2n) is 8.66. The highest BCUT2D eigenvalue weighted by atomic mass is 16.2. The maximum absolute atomic E-state index is 13.3. The predicted molar refractivity (Wildman–Crippen MR) is 131 cm³/mol. The van der Waals surface area contributed by atoms with E-state index in [2.05, 4.69) is 63.0 Å². The first-order chi connectivity index (χ1) is 15.3. The third-order valence-corrected chi connectivity index (χ3v) is 6.12. The fourth-order valence-corrected chi connectivity index (χ4v) is 4.06. The van der Waals surface area contributed by atoms with E-state index < -0.39 is 0 Å². The van der Waals surface area contributed by atoms with Gasteiger partial charge in [0.1, 0.15) is 11.4 Å². The number of amides is 1. The van der Waals surface area contributed by atoms with E-state index in [-0.39, 0.29) is 11.9 Å². The monoisotopic (exact) mass is 435 g/mol. The summed E-state index contributed by atoms with van der Waals surface area (Å²) in [6, 6.07) is 12.2. The van der Waals surface area contributed by atoms with Crippen LogP contribution in [-0.4, -0.2) is 50.8 Å². The van der Waals surface area contributed by atoms with Crippen LogP contribution in [0.15, 0.2) is 42.6 Å². The number of rotatable bonds is 10. The quantitative estimate of drug-likeness (QED) is 0.501. The van der Waals surface area contributed by atoms with E-state index in [9.17, 15) is 4.79 Å². The standard InChI is InChI=1S/C26H37N5O/c1-7-30(8-2)16-9-11-21(5)27-26(32)25-18-22(23-12-10-15-29(23)6)28-31(25)24-17-19(3)13-14-20(24)4/h10,12-15,17-18,21H,7-9,11,16H2,1-6H3,(H,27,32)/t21-/m0/s1. The lowest BCUT2D eigenvalue weighted by Crippen LogP contribution is -2.34. The largest absolute Gasteiger partial charge is 0.349 e. The lowest BCUT2D eigenvalue weighted by molar-refractivity contribution is 0.0929. The van der Waals surface area contributed by atoms with E-state index in [1.165, 1.54) is 0 Å². The van der Waals surface area contributed by atoms with E-state index in [0.717, 1.165) is 60.7 Å². The van der Waals surface area contributed by atoms with Gasteiger partial charge >= 0.3 is 0 Å². The van der Waals surface area contributed by atoms with Crippen LogP contribution in [0.5, 0.6) is 0 Å². The van der Waals surface area contributed by atoms with Crippen LogP contribution < -0.4 is 5.32 Å². The molecule has 0 unspecified atom stereocenters. The molecular formula is C26H37N5O. The summed E-state index contributed by atoms with van der Waals surface area (Å²) in [4.78, 5) is 15.7. The molecule has 0 saturated heterocycles.